The van der Waals surface area contributed by atoms with Crippen LogP contribution in [0.15, 0.2) is 28.9 Å². The number of nitrogens with two attached hydrogens (primary N) is 1. The number of aromatic nitrogens is 3. The monoisotopic (exact) mass is 328 g/mol. The molecule has 2 rings (SSSR count). The molecule has 1 aromatic heterocycles. The van der Waals surface area contributed by atoms with Gasteiger partial charge in [0.15, 0.2) is 0 Å². The van der Waals surface area contributed by atoms with Crippen LogP contribution in [0.5, 0.6) is 0 Å². The summed E-state index contributed by atoms with van der Waals surface area (Å²) in [7, 11) is 0. The first-order valence-electron chi connectivity index (χ1n) is 5.32. The summed E-state index contributed by atoms with van der Waals surface area (Å²) >= 11 is 3.16. The van der Waals surface area contributed by atoms with Gasteiger partial charge in [-0.3, -0.25) is 4.79 Å². The Balaban J connectivity index is 2.23. The molecular weight excluding hydrogens is 319 g/mol. The third-order valence-corrected chi connectivity index (χ3v) is 2.94. The van der Waals surface area contributed by atoms with Crippen molar-refractivity contribution < 1.29 is 14.3 Å². The molecule has 0 aliphatic heterocycles. The maximum atomic E-state index is 13.7. The van der Waals surface area contributed by atoms with E-state index in [1.165, 1.54) is 23.0 Å². The summed E-state index contributed by atoms with van der Waals surface area (Å²) in [5.74, 6) is -1.59. The van der Waals surface area contributed by atoms with Crippen molar-refractivity contribution >= 4 is 21.9 Å². The topological polar surface area (TPSA) is 94.0 Å². The number of nitrogens with zero attached hydrogens (tertiary/aromatic N) is 3. The fourth-order valence-electron chi connectivity index (χ4n) is 1.49. The molecule has 0 bridgehead atoms. The Morgan fingerprint density at radius 1 is 1.58 bits per heavy atom. The van der Waals surface area contributed by atoms with Crippen LogP contribution in [0, 0.1) is 5.82 Å². The molecule has 3 N–H and O–H groups in total. The minimum Gasteiger partial charge on any atom is -0.480 e. The van der Waals surface area contributed by atoms with Crippen molar-refractivity contribution in [3.63, 3.8) is 0 Å². The highest BCUT2D eigenvalue weighted by molar-refractivity contribution is 9.10. The van der Waals surface area contributed by atoms with E-state index in [0.29, 0.717) is 10.2 Å². The zero-order valence-corrected chi connectivity index (χ0v) is 11.2. The molecule has 0 aliphatic carbocycles. The Morgan fingerprint density at radius 3 is 2.95 bits per heavy atom. The molecule has 0 aliphatic rings. The molecule has 0 amide bonds. The Kier molecular flexibility index (Phi) is 3.91. The normalized spacial score (nSPS) is 12.4. The van der Waals surface area contributed by atoms with Crippen LogP contribution in [-0.2, 0) is 11.2 Å². The largest absolute Gasteiger partial charge is 0.480 e. The quantitative estimate of drug-likeness (QED) is 0.877. The lowest BCUT2D eigenvalue weighted by atomic mass is 10.2. The number of hydrogen-bond acceptors (Lipinski definition) is 4. The smallest absolute Gasteiger partial charge is 0.320 e. The minimum absolute atomic E-state index is 0.0352. The first-order valence-corrected chi connectivity index (χ1v) is 6.11. The molecule has 0 spiro atoms. The average molecular weight is 329 g/mol. The van der Waals surface area contributed by atoms with Gasteiger partial charge in [-0.25, -0.2) is 9.07 Å². The van der Waals surface area contributed by atoms with Crippen LogP contribution >= 0.6 is 15.9 Å². The Morgan fingerprint density at radius 2 is 2.32 bits per heavy atom. The minimum atomic E-state index is -1.12. The third-order valence-electron chi connectivity index (χ3n) is 2.44. The second kappa shape index (κ2) is 5.45. The van der Waals surface area contributed by atoms with Gasteiger partial charge in [0.05, 0.1) is 11.9 Å². The number of rotatable bonds is 4. The summed E-state index contributed by atoms with van der Waals surface area (Å²) in [6.07, 6.45) is 1.49. The lowest BCUT2D eigenvalue weighted by molar-refractivity contribution is -0.138. The average Bonchev–Trinajstić information content (AvgIpc) is 2.77. The molecule has 1 unspecified atom stereocenters. The molecular formula is C11H10BrFN4O2. The maximum absolute atomic E-state index is 13.7. The van der Waals surface area contributed by atoms with Crippen molar-refractivity contribution in [1.29, 1.82) is 0 Å². The number of aliphatic carboxylic acids is 1. The fourth-order valence-corrected chi connectivity index (χ4v) is 1.82. The van der Waals surface area contributed by atoms with Crippen LogP contribution in [0.2, 0.25) is 0 Å². The van der Waals surface area contributed by atoms with Crippen LogP contribution < -0.4 is 5.73 Å². The van der Waals surface area contributed by atoms with Gasteiger partial charge >= 0.3 is 5.97 Å². The number of carboxylic acids is 1. The third kappa shape index (κ3) is 3.15. The predicted octanol–water partition coefficient (Wildman–Crippen LogP) is 1.12. The SMILES string of the molecule is NC(Cc1cn(-c2ccc(Br)cc2F)nn1)C(=O)O. The van der Waals surface area contributed by atoms with E-state index in [-0.39, 0.29) is 12.1 Å². The summed E-state index contributed by atoms with van der Waals surface area (Å²) in [5.41, 5.74) is 6.00. The highest BCUT2D eigenvalue weighted by atomic mass is 79.9. The molecule has 100 valence electrons. The van der Waals surface area contributed by atoms with Gasteiger partial charge in [0.1, 0.15) is 17.5 Å². The van der Waals surface area contributed by atoms with Crippen molar-refractivity contribution in [2.24, 2.45) is 5.73 Å². The molecule has 0 radical (unpaired) electrons. The first-order chi connectivity index (χ1) is 8.97. The van der Waals surface area contributed by atoms with E-state index in [2.05, 4.69) is 26.2 Å². The number of benzene rings is 1. The zero-order valence-electron chi connectivity index (χ0n) is 9.62. The van der Waals surface area contributed by atoms with Gasteiger partial charge in [-0.15, -0.1) is 5.10 Å². The molecule has 19 heavy (non-hydrogen) atoms. The van der Waals surface area contributed by atoms with Crippen molar-refractivity contribution in [2.45, 2.75) is 12.5 Å². The van der Waals surface area contributed by atoms with Gasteiger partial charge in [0.2, 0.25) is 0 Å². The lowest BCUT2D eigenvalue weighted by Crippen LogP contribution is -2.32. The number of carbonyl (C=O) groups is 1. The molecule has 2 aromatic rings. The van der Waals surface area contributed by atoms with Crippen molar-refractivity contribution in [3.8, 4) is 5.69 Å². The molecule has 1 aromatic carbocycles. The second-order valence-electron chi connectivity index (χ2n) is 3.90. The maximum Gasteiger partial charge on any atom is 0.320 e. The van der Waals surface area contributed by atoms with Crippen LogP contribution in [0.1, 0.15) is 5.69 Å². The van der Waals surface area contributed by atoms with Crippen LogP contribution in [0.4, 0.5) is 4.39 Å². The van der Waals surface area contributed by atoms with E-state index in [0.717, 1.165) is 0 Å². The molecule has 0 saturated carbocycles. The lowest BCUT2D eigenvalue weighted by Gasteiger charge is -2.03. The van der Waals surface area contributed by atoms with Crippen molar-refractivity contribution in [2.75, 3.05) is 0 Å². The Bertz CT molecular complexity index is 616. The summed E-state index contributed by atoms with van der Waals surface area (Å²) < 4.78 is 15.6. The van der Waals surface area contributed by atoms with Crippen molar-refractivity contribution in [1.82, 2.24) is 15.0 Å². The van der Waals surface area contributed by atoms with Crippen LogP contribution in [0.25, 0.3) is 5.69 Å². The molecule has 0 saturated heterocycles. The standard InChI is InChI=1S/C11H10BrFN4O2/c12-6-1-2-10(8(13)3-6)17-5-7(15-16-17)4-9(14)11(18)19/h1-3,5,9H,4,14H2,(H,18,19). The Hall–Kier alpha value is -1.80. The van der Waals surface area contributed by atoms with Gasteiger partial charge < -0.3 is 10.8 Å². The molecule has 8 heteroatoms. The molecule has 1 heterocycles. The van der Waals surface area contributed by atoms with Gasteiger partial charge in [-0.2, -0.15) is 0 Å². The van der Waals surface area contributed by atoms with E-state index in [1.54, 1.807) is 6.07 Å². The number of carboxylic acid groups (broad SMARTS) is 1. The summed E-state index contributed by atoms with van der Waals surface area (Å²) in [6.45, 7) is 0. The molecule has 6 nitrogen and oxygen atoms in total. The highest BCUT2D eigenvalue weighted by Gasteiger charge is 2.15. The van der Waals surface area contributed by atoms with Gasteiger partial charge in [-0.05, 0) is 18.2 Å². The zero-order chi connectivity index (χ0) is 14.0. The van der Waals surface area contributed by atoms with Crippen LogP contribution in [0.3, 0.4) is 0 Å². The Labute approximate surface area is 116 Å². The predicted molar refractivity (Wildman–Crippen MR) is 68.3 cm³/mol. The van der Waals surface area contributed by atoms with E-state index in [9.17, 15) is 9.18 Å². The van der Waals surface area contributed by atoms with Gasteiger partial charge in [0, 0.05) is 10.9 Å². The highest BCUT2D eigenvalue weighted by Crippen LogP contribution is 2.18. The number of halogens is 2. The summed E-state index contributed by atoms with van der Waals surface area (Å²) in [4.78, 5) is 10.6. The van der Waals surface area contributed by atoms with Crippen LogP contribution in [-0.4, -0.2) is 32.1 Å². The van der Waals surface area contributed by atoms with Crippen molar-refractivity contribution in [3.05, 3.63) is 40.4 Å². The van der Waals surface area contributed by atoms with E-state index in [1.807, 2.05) is 0 Å². The van der Waals surface area contributed by atoms with Gasteiger partial charge in [0.25, 0.3) is 0 Å². The molecule has 0 fully saturated rings. The first kappa shape index (κ1) is 13.6. The fraction of sp³-hybridized carbons (Fsp3) is 0.182. The number of hydrogen-bond donors (Lipinski definition) is 2. The summed E-state index contributed by atoms with van der Waals surface area (Å²) in [5, 5.41) is 16.2. The second-order valence-corrected chi connectivity index (χ2v) is 4.81. The van der Waals surface area contributed by atoms with E-state index < -0.39 is 17.8 Å². The molecule has 1 atom stereocenters. The summed E-state index contributed by atoms with van der Waals surface area (Å²) in [6, 6.07) is 3.46. The van der Waals surface area contributed by atoms with E-state index in [4.69, 9.17) is 10.8 Å². The van der Waals surface area contributed by atoms with E-state index >= 15 is 0 Å². The van der Waals surface area contributed by atoms with Gasteiger partial charge in [-0.1, -0.05) is 21.1 Å².